The first-order chi connectivity index (χ1) is 17.4. The van der Waals surface area contributed by atoms with Gasteiger partial charge in [0.2, 0.25) is 0 Å². The van der Waals surface area contributed by atoms with E-state index in [0.29, 0.717) is 17.1 Å². The van der Waals surface area contributed by atoms with Gasteiger partial charge in [-0.15, -0.1) is 0 Å². The standard InChI is InChI=1S/C27H34N4O5/c1-18(36-22-8-4-3-5-9-22)26(33)30-15-16-31(27(34)19-7-6-10-23(17-19)35-2)25(30)24(32)29-21-13-11-20(28)12-14-21/h3-10,17-18,20-21,25H,11-16,28H2,1-2H3,(H,29,32). The summed E-state index contributed by atoms with van der Waals surface area (Å²) >= 11 is 0. The number of benzene rings is 2. The van der Waals surface area contributed by atoms with Gasteiger partial charge in [0, 0.05) is 30.7 Å². The Bertz CT molecular complexity index is 1070. The molecule has 2 aliphatic rings. The molecular formula is C27H34N4O5. The van der Waals surface area contributed by atoms with E-state index in [1.165, 1.54) is 16.9 Å². The Morgan fingerprint density at radius 1 is 0.944 bits per heavy atom. The summed E-state index contributed by atoms with van der Waals surface area (Å²) in [6.07, 6.45) is 1.28. The molecule has 1 saturated carbocycles. The van der Waals surface area contributed by atoms with Crippen molar-refractivity contribution >= 4 is 17.7 Å². The van der Waals surface area contributed by atoms with E-state index in [9.17, 15) is 14.4 Å². The summed E-state index contributed by atoms with van der Waals surface area (Å²) in [4.78, 5) is 43.4. The number of nitrogens with zero attached hydrogens (tertiary/aromatic N) is 2. The molecule has 192 valence electrons. The number of rotatable bonds is 7. The lowest BCUT2D eigenvalue weighted by atomic mass is 9.92. The van der Waals surface area contributed by atoms with Crippen molar-refractivity contribution < 1.29 is 23.9 Å². The molecule has 3 amide bonds. The molecule has 1 aliphatic heterocycles. The lowest BCUT2D eigenvalue weighted by Crippen LogP contribution is -2.57. The van der Waals surface area contributed by atoms with Crippen LogP contribution >= 0.6 is 0 Å². The van der Waals surface area contributed by atoms with E-state index in [2.05, 4.69) is 5.32 Å². The van der Waals surface area contributed by atoms with Gasteiger partial charge in [-0.3, -0.25) is 14.4 Å². The van der Waals surface area contributed by atoms with Crippen LogP contribution in [0.2, 0.25) is 0 Å². The summed E-state index contributed by atoms with van der Waals surface area (Å²) in [7, 11) is 1.53. The zero-order valence-electron chi connectivity index (χ0n) is 20.8. The Morgan fingerprint density at radius 3 is 2.31 bits per heavy atom. The fraction of sp³-hybridized carbons (Fsp3) is 0.444. The van der Waals surface area contributed by atoms with Crippen molar-refractivity contribution in [3.05, 3.63) is 60.2 Å². The van der Waals surface area contributed by atoms with Gasteiger partial charge in [0.05, 0.1) is 7.11 Å². The van der Waals surface area contributed by atoms with E-state index in [4.69, 9.17) is 15.2 Å². The van der Waals surface area contributed by atoms with Crippen molar-refractivity contribution in [1.82, 2.24) is 15.1 Å². The number of carbonyl (C=O) groups excluding carboxylic acids is 3. The smallest absolute Gasteiger partial charge is 0.265 e. The molecule has 0 radical (unpaired) electrons. The average Bonchev–Trinajstić information content (AvgIpc) is 3.35. The summed E-state index contributed by atoms with van der Waals surface area (Å²) in [6.45, 7) is 2.11. The summed E-state index contributed by atoms with van der Waals surface area (Å²) in [6, 6.07) is 15.9. The second kappa shape index (κ2) is 11.4. The molecule has 2 atom stereocenters. The molecule has 2 aromatic carbocycles. The summed E-state index contributed by atoms with van der Waals surface area (Å²) in [5.41, 5.74) is 6.40. The third kappa shape index (κ3) is 5.79. The van der Waals surface area contributed by atoms with Crippen LogP contribution in [0.5, 0.6) is 11.5 Å². The molecule has 2 aromatic rings. The first-order valence-electron chi connectivity index (χ1n) is 12.4. The van der Waals surface area contributed by atoms with Crippen LogP contribution in [0.25, 0.3) is 0 Å². The molecule has 2 unspecified atom stereocenters. The fourth-order valence-corrected chi connectivity index (χ4v) is 4.80. The van der Waals surface area contributed by atoms with E-state index in [0.717, 1.165) is 25.7 Å². The monoisotopic (exact) mass is 494 g/mol. The third-order valence-electron chi connectivity index (χ3n) is 6.79. The minimum absolute atomic E-state index is 0.0402. The minimum atomic E-state index is -1.08. The van der Waals surface area contributed by atoms with Crippen molar-refractivity contribution in [3.63, 3.8) is 0 Å². The molecule has 1 saturated heterocycles. The van der Waals surface area contributed by atoms with Gasteiger partial charge >= 0.3 is 0 Å². The zero-order valence-corrected chi connectivity index (χ0v) is 20.8. The van der Waals surface area contributed by atoms with Crippen molar-refractivity contribution in [2.24, 2.45) is 5.73 Å². The number of hydrogen-bond donors (Lipinski definition) is 2. The highest BCUT2D eigenvalue weighted by molar-refractivity contribution is 6.00. The Labute approximate surface area is 211 Å². The van der Waals surface area contributed by atoms with Crippen LogP contribution in [0.15, 0.2) is 54.6 Å². The number of ether oxygens (including phenoxy) is 2. The highest BCUT2D eigenvalue weighted by atomic mass is 16.5. The maximum Gasteiger partial charge on any atom is 0.265 e. The number of nitrogens with one attached hydrogen (secondary N) is 1. The summed E-state index contributed by atoms with van der Waals surface area (Å²) < 4.78 is 11.1. The Kier molecular flexibility index (Phi) is 8.10. The molecule has 9 nitrogen and oxygen atoms in total. The number of para-hydroxylation sites is 1. The lowest BCUT2D eigenvalue weighted by Gasteiger charge is -2.33. The predicted molar refractivity (Wildman–Crippen MR) is 134 cm³/mol. The second-order valence-corrected chi connectivity index (χ2v) is 9.33. The predicted octanol–water partition coefficient (Wildman–Crippen LogP) is 2.16. The van der Waals surface area contributed by atoms with Crippen molar-refractivity contribution in [1.29, 1.82) is 0 Å². The van der Waals surface area contributed by atoms with Gasteiger partial charge in [0.1, 0.15) is 11.5 Å². The molecule has 1 aliphatic carbocycles. The Balaban J connectivity index is 1.55. The van der Waals surface area contributed by atoms with Crippen molar-refractivity contribution in [3.8, 4) is 11.5 Å². The fourth-order valence-electron chi connectivity index (χ4n) is 4.80. The molecule has 1 heterocycles. The molecule has 36 heavy (non-hydrogen) atoms. The molecule has 3 N–H and O–H groups in total. The number of nitrogens with two attached hydrogens (primary N) is 1. The topological polar surface area (TPSA) is 114 Å². The molecule has 0 spiro atoms. The maximum atomic E-state index is 13.6. The largest absolute Gasteiger partial charge is 0.497 e. The van der Waals surface area contributed by atoms with Crippen LogP contribution in [-0.4, -0.2) is 72.1 Å². The van der Waals surface area contributed by atoms with Crippen LogP contribution in [0.1, 0.15) is 43.0 Å². The highest BCUT2D eigenvalue weighted by Crippen LogP contribution is 2.24. The molecule has 2 fully saturated rings. The van der Waals surface area contributed by atoms with Crippen LogP contribution in [-0.2, 0) is 9.59 Å². The van der Waals surface area contributed by atoms with Gasteiger partial charge in [-0.1, -0.05) is 24.3 Å². The average molecular weight is 495 g/mol. The number of hydrogen-bond acceptors (Lipinski definition) is 6. The quantitative estimate of drug-likeness (QED) is 0.610. The summed E-state index contributed by atoms with van der Waals surface area (Å²) in [5.74, 6) is 0.0283. The van der Waals surface area contributed by atoms with Gasteiger partial charge in [0.25, 0.3) is 17.7 Å². The van der Waals surface area contributed by atoms with Gasteiger partial charge in [-0.25, -0.2) is 0 Å². The number of amides is 3. The van der Waals surface area contributed by atoms with Crippen LogP contribution < -0.4 is 20.5 Å². The van der Waals surface area contributed by atoms with Crippen LogP contribution in [0, 0.1) is 0 Å². The lowest BCUT2D eigenvalue weighted by molar-refractivity contribution is -0.146. The van der Waals surface area contributed by atoms with E-state index in [1.54, 1.807) is 43.3 Å². The van der Waals surface area contributed by atoms with Crippen molar-refractivity contribution in [2.45, 2.75) is 57.0 Å². The number of methoxy groups -OCH3 is 1. The third-order valence-corrected chi connectivity index (χ3v) is 6.79. The maximum absolute atomic E-state index is 13.6. The Hall–Kier alpha value is -3.59. The van der Waals surface area contributed by atoms with Gasteiger partial charge in [-0.2, -0.15) is 0 Å². The van der Waals surface area contributed by atoms with Crippen LogP contribution in [0.4, 0.5) is 0 Å². The minimum Gasteiger partial charge on any atom is -0.497 e. The first kappa shape index (κ1) is 25.5. The SMILES string of the molecule is COc1cccc(C(=O)N2CCN(C(=O)C(C)Oc3ccccc3)C2C(=O)NC2CCC(N)CC2)c1. The van der Waals surface area contributed by atoms with E-state index in [1.807, 2.05) is 18.2 Å². The molecule has 0 bridgehead atoms. The van der Waals surface area contributed by atoms with Crippen LogP contribution in [0.3, 0.4) is 0 Å². The first-order valence-corrected chi connectivity index (χ1v) is 12.4. The molecule has 9 heteroatoms. The van der Waals surface area contributed by atoms with E-state index >= 15 is 0 Å². The van der Waals surface area contributed by atoms with Gasteiger partial charge in [0.15, 0.2) is 12.3 Å². The number of carbonyl (C=O) groups is 3. The molecular weight excluding hydrogens is 460 g/mol. The van der Waals surface area contributed by atoms with Crippen molar-refractivity contribution in [2.75, 3.05) is 20.2 Å². The Morgan fingerprint density at radius 2 is 1.61 bits per heavy atom. The van der Waals surface area contributed by atoms with Gasteiger partial charge < -0.3 is 30.3 Å². The summed E-state index contributed by atoms with van der Waals surface area (Å²) in [5, 5.41) is 3.07. The molecule has 0 aromatic heterocycles. The highest BCUT2D eigenvalue weighted by Gasteiger charge is 2.45. The van der Waals surface area contributed by atoms with E-state index < -0.39 is 12.3 Å². The van der Waals surface area contributed by atoms with Gasteiger partial charge in [-0.05, 0) is 62.9 Å². The second-order valence-electron chi connectivity index (χ2n) is 9.33. The normalized spacial score (nSPS) is 22.6. The molecule has 4 rings (SSSR count). The zero-order chi connectivity index (χ0) is 25.7. The van der Waals surface area contributed by atoms with E-state index in [-0.39, 0.29) is 42.9 Å².